The monoisotopic (exact) mass is 538 g/mol. The number of nitrogens with one attached hydrogen (secondary N) is 1. The summed E-state index contributed by atoms with van der Waals surface area (Å²) in [5, 5.41) is 12.9. The van der Waals surface area contributed by atoms with Crippen LogP contribution in [0.5, 0.6) is 17.4 Å². The molecule has 7 nitrogen and oxygen atoms in total. The lowest BCUT2D eigenvalue weighted by Crippen LogP contribution is -2.17. The molecule has 190 valence electrons. The van der Waals surface area contributed by atoms with E-state index >= 15 is 0 Å². The van der Waals surface area contributed by atoms with Gasteiger partial charge >= 0.3 is 0 Å². The van der Waals surface area contributed by atoms with Gasteiger partial charge in [-0.25, -0.2) is 4.39 Å². The number of para-hydroxylation sites is 1. The number of benzene rings is 3. The van der Waals surface area contributed by atoms with Gasteiger partial charge in [-0.15, -0.1) is 10.2 Å². The van der Waals surface area contributed by atoms with Gasteiger partial charge in [0.05, 0.1) is 18.2 Å². The fraction of sp³-hybridized carbons (Fsp3) is 0.222. The van der Waals surface area contributed by atoms with Crippen molar-refractivity contribution < 1.29 is 18.6 Å². The summed E-state index contributed by atoms with van der Waals surface area (Å²) >= 11 is 7.87. The molecule has 0 fully saturated rings. The van der Waals surface area contributed by atoms with Gasteiger partial charge in [0.1, 0.15) is 5.82 Å². The maximum absolute atomic E-state index is 14.1. The van der Waals surface area contributed by atoms with E-state index in [-0.39, 0.29) is 5.82 Å². The van der Waals surface area contributed by atoms with E-state index in [1.165, 1.54) is 17.8 Å². The summed E-state index contributed by atoms with van der Waals surface area (Å²) in [6.07, 6.45) is -0.657. The molecule has 0 saturated carbocycles. The van der Waals surface area contributed by atoms with Crippen LogP contribution >= 0.6 is 23.4 Å². The highest BCUT2D eigenvalue weighted by Crippen LogP contribution is 2.43. The average Bonchev–Trinajstić information content (AvgIpc) is 3.07. The minimum absolute atomic E-state index is 0.273. The second-order valence-corrected chi connectivity index (χ2v) is 9.36. The van der Waals surface area contributed by atoms with Crippen LogP contribution in [0.3, 0.4) is 0 Å². The van der Waals surface area contributed by atoms with E-state index in [4.69, 9.17) is 25.8 Å². The fourth-order valence-corrected chi connectivity index (χ4v) is 4.94. The predicted molar refractivity (Wildman–Crippen MR) is 142 cm³/mol. The largest absolute Gasteiger partial charge is 0.490 e. The normalized spacial score (nSPS) is 14.0. The van der Waals surface area contributed by atoms with Gasteiger partial charge in [0.2, 0.25) is 11.0 Å². The molecule has 5 rings (SSSR count). The molecule has 0 radical (unpaired) electrons. The maximum Gasteiger partial charge on any atom is 0.247 e. The molecule has 1 aliphatic rings. The molecule has 0 amide bonds. The number of rotatable bonds is 8. The molecular weight excluding hydrogens is 515 g/mol. The Morgan fingerprint density at radius 1 is 1.03 bits per heavy atom. The van der Waals surface area contributed by atoms with Crippen LogP contribution in [0, 0.1) is 5.82 Å². The SMILES string of the molecule is CCOc1cc([C@H]2Nc3ccccc3-c3nnc(SCc4ccccc4F)nc3O2)cc(Cl)c1OCC. The van der Waals surface area contributed by atoms with Crippen LogP contribution in [0.2, 0.25) is 5.02 Å². The number of aromatic nitrogens is 3. The van der Waals surface area contributed by atoms with Crippen molar-refractivity contribution >= 4 is 29.1 Å². The van der Waals surface area contributed by atoms with Crippen LogP contribution in [-0.2, 0) is 5.75 Å². The third kappa shape index (κ3) is 5.42. The number of ether oxygens (including phenoxy) is 3. The molecule has 0 aliphatic carbocycles. The lowest BCUT2D eigenvalue weighted by atomic mass is 10.1. The third-order valence-corrected chi connectivity index (χ3v) is 6.74. The summed E-state index contributed by atoms with van der Waals surface area (Å²) in [6, 6.07) is 17.9. The maximum atomic E-state index is 14.1. The summed E-state index contributed by atoms with van der Waals surface area (Å²) in [5.41, 5.74) is 3.38. The van der Waals surface area contributed by atoms with Crippen LogP contribution in [0.4, 0.5) is 10.1 Å². The third-order valence-electron chi connectivity index (χ3n) is 5.57. The summed E-state index contributed by atoms with van der Waals surface area (Å²) in [5.74, 6) is 1.40. The van der Waals surface area contributed by atoms with Crippen molar-refractivity contribution in [2.24, 2.45) is 0 Å². The molecule has 37 heavy (non-hydrogen) atoms. The molecule has 2 heterocycles. The van der Waals surface area contributed by atoms with Gasteiger partial charge in [-0.05, 0) is 43.7 Å². The topological polar surface area (TPSA) is 78.4 Å². The van der Waals surface area contributed by atoms with Crippen molar-refractivity contribution in [2.45, 2.75) is 31.0 Å². The van der Waals surface area contributed by atoms with E-state index in [1.807, 2.05) is 44.2 Å². The van der Waals surface area contributed by atoms with Crippen LogP contribution in [0.25, 0.3) is 11.3 Å². The van der Waals surface area contributed by atoms with Gasteiger partial charge in [0, 0.05) is 22.6 Å². The standard InChI is InChI=1S/C27H24ClFN4O3S/c1-3-34-22-14-17(13-19(28)24(22)35-4-2)25-30-21-12-8-6-10-18(21)23-26(36-25)31-27(33-32-23)37-15-16-9-5-7-11-20(16)29/h5-14,25,30H,3-4,15H2,1-2H3/t25-/m0/s1. The lowest BCUT2D eigenvalue weighted by molar-refractivity contribution is 0.223. The predicted octanol–water partition coefficient (Wildman–Crippen LogP) is 6.92. The number of halogens is 2. The van der Waals surface area contributed by atoms with Gasteiger partial charge in [0.25, 0.3) is 0 Å². The minimum Gasteiger partial charge on any atom is -0.490 e. The molecular formula is C27H24ClFN4O3S. The van der Waals surface area contributed by atoms with Crippen molar-refractivity contribution in [3.63, 3.8) is 0 Å². The van der Waals surface area contributed by atoms with Crippen molar-refractivity contribution in [2.75, 3.05) is 18.5 Å². The number of hydrogen-bond acceptors (Lipinski definition) is 8. The summed E-state index contributed by atoms with van der Waals surface area (Å²) in [6.45, 7) is 4.68. The summed E-state index contributed by atoms with van der Waals surface area (Å²) in [7, 11) is 0. The lowest BCUT2D eigenvalue weighted by Gasteiger charge is -2.21. The summed E-state index contributed by atoms with van der Waals surface area (Å²) in [4.78, 5) is 4.64. The fourth-order valence-electron chi connectivity index (χ4n) is 3.90. The van der Waals surface area contributed by atoms with Crippen LogP contribution in [-0.4, -0.2) is 28.4 Å². The van der Waals surface area contributed by atoms with Gasteiger partial charge in [-0.3, -0.25) is 0 Å². The van der Waals surface area contributed by atoms with Crippen LogP contribution < -0.4 is 19.5 Å². The van der Waals surface area contributed by atoms with E-state index in [9.17, 15) is 4.39 Å². The number of nitrogens with zero attached hydrogens (tertiary/aromatic N) is 3. The van der Waals surface area contributed by atoms with Gasteiger partial charge in [-0.1, -0.05) is 59.8 Å². The van der Waals surface area contributed by atoms with E-state index in [1.54, 1.807) is 24.3 Å². The van der Waals surface area contributed by atoms with Crippen molar-refractivity contribution in [3.8, 4) is 28.6 Å². The highest BCUT2D eigenvalue weighted by molar-refractivity contribution is 7.98. The zero-order valence-corrected chi connectivity index (χ0v) is 21.8. The average molecular weight is 539 g/mol. The van der Waals surface area contributed by atoms with E-state index in [0.29, 0.717) is 57.8 Å². The second-order valence-electron chi connectivity index (χ2n) is 8.01. The first-order valence-corrected chi connectivity index (χ1v) is 13.2. The Labute approximate surface area is 223 Å². The quantitative estimate of drug-likeness (QED) is 0.242. The van der Waals surface area contributed by atoms with E-state index < -0.39 is 6.23 Å². The smallest absolute Gasteiger partial charge is 0.247 e. The van der Waals surface area contributed by atoms with Crippen molar-refractivity contribution in [3.05, 3.63) is 82.6 Å². The first kappa shape index (κ1) is 25.1. The Bertz CT molecular complexity index is 1420. The molecule has 10 heteroatoms. The molecule has 1 atom stereocenters. The first-order valence-electron chi connectivity index (χ1n) is 11.8. The zero-order valence-electron chi connectivity index (χ0n) is 20.2. The number of fused-ring (bicyclic) bond motifs is 3. The highest BCUT2D eigenvalue weighted by atomic mass is 35.5. The number of hydrogen-bond donors (Lipinski definition) is 1. The van der Waals surface area contributed by atoms with Crippen molar-refractivity contribution in [1.29, 1.82) is 0 Å². The Hall–Kier alpha value is -3.56. The Morgan fingerprint density at radius 2 is 1.81 bits per heavy atom. The van der Waals surface area contributed by atoms with Gasteiger partial charge < -0.3 is 19.5 Å². The van der Waals surface area contributed by atoms with Crippen molar-refractivity contribution in [1.82, 2.24) is 15.2 Å². The minimum atomic E-state index is -0.657. The Kier molecular flexibility index (Phi) is 7.62. The first-order chi connectivity index (χ1) is 18.1. The molecule has 0 saturated heterocycles. The Morgan fingerprint density at radius 3 is 2.62 bits per heavy atom. The van der Waals surface area contributed by atoms with Gasteiger partial charge in [0.15, 0.2) is 23.4 Å². The van der Waals surface area contributed by atoms with Crippen LogP contribution in [0.1, 0.15) is 31.2 Å². The molecule has 0 spiro atoms. The molecule has 0 unspecified atom stereocenters. The Balaban J connectivity index is 1.51. The number of anilines is 1. The van der Waals surface area contributed by atoms with E-state index in [0.717, 1.165) is 16.8 Å². The van der Waals surface area contributed by atoms with Crippen LogP contribution in [0.15, 0.2) is 65.8 Å². The zero-order chi connectivity index (χ0) is 25.8. The molecule has 1 N–H and O–H groups in total. The number of thioether (sulfide) groups is 1. The molecule has 1 aliphatic heterocycles. The highest BCUT2D eigenvalue weighted by Gasteiger charge is 2.27. The molecule has 1 aromatic heterocycles. The molecule has 4 aromatic rings. The van der Waals surface area contributed by atoms with E-state index in [2.05, 4.69) is 20.5 Å². The second kappa shape index (κ2) is 11.2. The summed E-state index contributed by atoms with van der Waals surface area (Å²) < 4.78 is 32.0. The molecule has 0 bridgehead atoms. The van der Waals surface area contributed by atoms with Gasteiger partial charge in [-0.2, -0.15) is 4.98 Å². The molecule has 3 aromatic carbocycles.